The van der Waals surface area contributed by atoms with Crippen molar-refractivity contribution in [2.75, 3.05) is 5.73 Å². The summed E-state index contributed by atoms with van der Waals surface area (Å²) >= 11 is 0. The van der Waals surface area contributed by atoms with Gasteiger partial charge in [0.2, 0.25) is 0 Å². The summed E-state index contributed by atoms with van der Waals surface area (Å²) in [5.41, 5.74) is 6.60. The van der Waals surface area contributed by atoms with Gasteiger partial charge in [-0.3, -0.25) is 10.1 Å². The van der Waals surface area contributed by atoms with Crippen LogP contribution in [-0.2, 0) is 0 Å². The van der Waals surface area contributed by atoms with Crippen LogP contribution in [0.2, 0.25) is 0 Å². The molecule has 0 aliphatic carbocycles. The molecule has 16 heavy (non-hydrogen) atoms. The number of hydrogen-bond donors (Lipinski definition) is 1. The van der Waals surface area contributed by atoms with Crippen LogP contribution in [0.1, 0.15) is 17.5 Å². The predicted octanol–water partition coefficient (Wildman–Crippen LogP) is 1.75. The summed E-state index contributed by atoms with van der Waals surface area (Å²) in [5, 5.41) is 19.0. The lowest BCUT2D eigenvalue weighted by molar-refractivity contribution is -0.383. The molecule has 0 fully saturated rings. The van der Waals surface area contributed by atoms with Gasteiger partial charge < -0.3 is 5.73 Å². The molecule has 1 aromatic rings. The van der Waals surface area contributed by atoms with Crippen molar-refractivity contribution in [2.24, 2.45) is 0 Å². The Kier molecular flexibility index (Phi) is 3.47. The second-order valence-corrected chi connectivity index (χ2v) is 3.14. The van der Waals surface area contributed by atoms with Gasteiger partial charge in [-0.1, -0.05) is 11.8 Å². The fourth-order valence-corrected chi connectivity index (χ4v) is 1.21. The molecule has 0 bridgehead atoms. The highest BCUT2D eigenvalue weighted by Crippen LogP contribution is 2.26. The molecular weight excluding hydrogens is 206 g/mol. The van der Waals surface area contributed by atoms with Crippen molar-refractivity contribution in [3.63, 3.8) is 0 Å². The van der Waals surface area contributed by atoms with Gasteiger partial charge in [0, 0.05) is 6.07 Å². The largest absolute Gasteiger partial charge is 0.392 e. The van der Waals surface area contributed by atoms with Crippen LogP contribution in [-0.4, -0.2) is 4.92 Å². The van der Waals surface area contributed by atoms with Crippen LogP contribution in [0.25, 0.3) is 0 Å². The average molecular weight is 215 g/mol. The molecule has 0 atom stereocenters. The van der Waals surface area contributed by atoms with E-state index in [1.165, 1.54) is 6.07 Å². The number of anilines is 1. The van der Waals surface area contributed by atoms with Crippen molar-refractivity contribution < 1.29 is 4.92 Å². The van der Waals surface area contributed by atoms with Gasteiger partial charge in [-0.2, -0.15) is 5.26 Å². The summed E-state index contributed by atoms with van der Waals surface area (Å²) < 4.78 is 0. The van der Waals surface area contributed by atoms with Crippen LogP contribution in [0.15, 0.2) is 12.1 Å². The van der Waals surface area contributed by atoms with Crippen LogP contribution >= 0.6 is 0 Å². The number of nitrogens with zero attached hydrogens (tertiary/aromatic N) is 2. The van der Waals surface area contributed by atoms with E-state index in [-0.39, 0.29) is 17.8 Å². The molecule has 0 heterocycles. The Morgan fingerprint density at radius 1 is 1.56 bits per heavy atom. The average Bonchev–Trinajstić information content (AvgIpc) is 2.22. The third kappa shape index (κ3) is 2.49. The zero-order valence-electron chi connectivity index (χ0n) is 8.65. The van der Waals surface area contributed by atoms with Gasteiger partial charge in [0.1, 0.15) is 5.69 Å². The molecule has 0 unspecified atom stereocenters. The number of benzene rings is 1. The molecule has 0 spiro atoms. The third-order valence-corrected chi connectivity index (χ3v) is 1.89. The molecule has 0 aliphatic heterocycles. The fraction of sp³-hybridized carbons (Fsp3) is 0.182. The van der Waals surface area contributed by atoms with Crippen LogP contribution < -0.4 is 5.73 Å². The van der Waals surface area contributed by atoms with E-state index in [0.29, 0.717) is 11.1 Å². The van der Waals surface area contributed by atoms with Crippen molar-refractivity contribution in [2.45, 2.75) is 13.3 Å². The second kappa shape index (κ2) is 4.81. The molecule has 0 aliphatic rings. The minimum Gasteiger partial charge on any atom is -0.392 e. The maximum atomic E-state index is 10.7. The highest BCUT2D eigenvalue weighted by Gasteiger charge is 2.14. The molecular formula is C11H9N3O2. The van der Waals surface area contributed by atoms with Crippen molar-refractivity contribution in [3.05, 3.63) is 33.4 Å². The number of nitrogens with two attached hydrogens (primary N) is 1. The lowest BCUT2D eigenvalue weighted by Crippen LogP contribution is -1.99. The molecule has 0 saturated heterocycles. The highest BCUT2D eigenvalue weighted by molar-refractivity contribution is 5.69. The summed E-state index contributed by atoms with van der Waals surface area (Å²) in [6.45, 7) is 1.72. The summed E-state index contributed by atoms with van der Waals surface area (Å²) in [6.07, 6.45) is 0.0706. The normalized spacial score (nSPS) is 8.75. The van der Waals surface area contributed by atoms with Gasteiger partial charge in [-0.25, -0.2) is 0 Å². The number of nitriles is 1. The number of nitro groups is 1. The van der Waals surface area contributed by atoms with Gasteiger partial charge in [-0.05, 0) is 18.6 Å². The van der Waals surface area contributed by atoms with E-state index in [1.54, 1.807) is 13.0 Å². The Morgan fingerprint density at radius 2 is 2.25 bits per heavy atom. The first-order valence-corrected chi connectivity index (χ1v) is 4.46. The second-order valence-electron chi connectivity index (χ2n) is 3.14. The fourth-order valence-electron chi connectivity index (χ4n) is 1.21. The van der Waals surface area contributed by atoms with Crippen molar-refractivity contribution >= 4 is 11.4 Å². The molecule has 1 aromatic carbocycles. The molecule has 0 saturated carbocycles. The smallest absolute Gasteiger partial charge is 0.293 e. The van der Waals surface area contributed by atoms with E-state index >= 15 is 0 Å². The SMILES string of the molecule is Cc1cc(C#CCC#N)c(N)c([N+](=O)[O-])c1. The molecule has 0 radical (unpaired) electrons. The Labute approximate surface area is 92.6 Å². The Hall–Kier alpha value is -2.53. The van der Waals surface area contributed by atoms with Crippen LogP contribution in [0.4, 0.5) is 11.4 Å². The van der Waals surface area contributed by atoms with Crippen molar-refractivity contribution in [1.82, 2.24) is 0 Å². The number of rotatable bonds is 1. The first-order valence-electron chi connectivity index (χ1n) is 4.46. The summed E-state index contributed by atoms with van der Waals surface area (Å²) in [5.74, 6) is 5.22. The number of aryl methyl sites for hydroxylation is 1. The predicted molar refractivity (Wildman–Crippen MR) is 59.4 cm³/mol. The lowest BCUT2D eigenvalue weighted by Gasteiger charge is -2.01. The monoisotopic (exact) mass is 215 g/mol. The van der Waals surface area contributed by atoms with E-state index in [0.717, 1.165) is 0 Å². The number of hydrogen-bond acceptors (Lipinski definition) is 4. The zero-order chi connectivity index (χ0) is 12.1. The molecule has 0 amide bonds. The van der Waals surface area contributed by atoms with E-state index in [2.05, 4.69) is 11.8 Å². The quantitative estimate of drug-likeness (QED) is 0.334. The maximum Gasteiger partial charge on any atom is 0.293 e. The third-order valence-electron chi connectivity index (χ3n) is 1.89. The minimum absolute atomic E-state index is 0.0426. The summed E-state index contributed by atoms with van der Waals surface area (Å²) in [7, 11) is 0. The Balaban J connectivity index is 3.27. The summed E-state index contributed by atoms with van der Waals surface area (Å²) in [6, 6.07) is 4.91. The van der Waals surface area contributed by atoms with Gasteiger partial charge in [0.15, 0.2) is 0 Å². The van der Waals surface area contributed by atoms with E-state index < -0.39 is 4.92 Å². The van der Waals surface area contributed by atoms with Crippen LogP contribution in [0.5, 0.6) is 0 Å². The van der Waals surface area contributed by atoms with E-state index in [1.807, 2.05) is 6.07 Å². The number of nitrogen functional groups attached to an aromatic ring is 1. The standard InChI is InChI=1S/C11H9N3O2/c1-8-6-9(4-2-3-5-12)11(13)10(7-8)14(15)16/h6-7H,3,13H2,1H3. The van der Waals surface area contributed by atoms with Gasteiger partial charge in [-0.15, -0.1) is 0 Å². The topological polar surface area (TPSA) is 93.0 Å². The first kappa shape index (κ1) is 11.5. The summed E-state index contributed by atoms with van der Waals surface area (Å²) in [4.78, 5) is 10.1. The van der Waals surface area contributed by atoms with Crippen LogP contribution in [0.3, 0.4) is 0 Å². The van der Waals surface area contributed by atoms with E-state index in [4.69, 9.17) is 11.0 Å². The van der Waals surface area contributed by atoms with Crippen LogP contribution in [0, 0.1) is 40.2 Å². The minimum atomic E-state index is -0.544. The van der Waals surface area contributed by atoms with E-state index in [9.17, 15) is 10.1 Å². The van der Waals surface area contributed by atoms with Gasteiger partial charge in [0.25, 0.3) is 5.69 Å². The molecule has 0 aromatic heterocycles. The molecule has 5 heteroatoms. The lowest BCUT2D eigenvalue weighted by atomic mass is 10.1. The molecule has 5 nitrogen and oxygen atoms in total. The van der Waals surface area contributed by atoms with Crippen molar-refractivity contribution in [1.29, 1.82) is 5.26 Å². The Bertz CT molecular complexity index is 533. The number of nitro benzene ring substituents is 1. The van der Waals surface area contributed by atoms with Crippen molar-refractivity contribution in [3.8, 4) is 17.9 Å². The molecule has 80 valence electrons. The van der Waals surface area contributed by atoms with Gasteiger partial charge in [0.05, 0.1) is 23.0 Å². The molecule has 1 rings (SSSR count). The first-order chi connectivity index (χ1) is 7.56. The van der Waals surface area contributed by atoms with Gasteiger partial charge >= 0.3 is 0 Å². The maximum absolute atomic E-state index is 10.7. The highest BCUT2D eigenvalue weighted by atomic mass is 16.6. The Morgan fingerprint density at radius 3 is 2.81 bits per heavy atom. The zero-order valence-corrected chi connectivity index (χ0v) is 8.65. The molecule has 2 N–H and O–H groups in total.